The number of hydrogen-bond donors (Lipinski definition) is 1. The van der Waals surface area contributed by atoms with E-state index in [9.17, 15) is 4.79 Å². The number of benzene rings is 3. The van der Waals surface area contributed by atoms with Gasteiger partial charge in [0.1, 0.15) is 12.3 Å². The Morgan fingerprint density at radius 2 is 1.88 bits per heavy atom. The van der Waals surface area contributed by atoms with Crippen molar-refractivity contribution in [2.75, 3.05) is 7.11 Å². The Balaban J connectivity index is 1.37. The smallest absolute Gasteiger partial charge is 0.279 e. The van der Waals surface area contributed by atoms with E-state index in [1.54, 1.807) is 11.8 Å². The molecule has 1 amide bonds. The van der Waals surface area contributed by atoms with Crippen molar-refractivity contribution in [3.8, 4) is 28.7 Å². The summed E-state index contributed by atoms with van der Waals surface area (Å²) in [5, 5.41) is 12.5. The van der Waals surface area contributed by atoms with Gasteiger partial charge in [-0.15, -0.1) is 0 Å². The van der Waals surface area contributed by atoms with E-state index >= 15 is 0 Å². The minimum Gasteiger partial charge on any atom is -0.497 e. The van der Waals surface area contributed by atoms with Gasteiger partial charge in [0.2, 0.25) is 11.7 Å². The highest BCUT2D eigenvalue weighted by Crippen LogP contribution is 2.28. The summed E-state index contributed by atoms with van der Waals surface area (Å²) in [5.74, 6) is 1.39. The van der Waals surface area contributed by atoms with Gasteiger partial charge >= 0.3 is 0 Å². The van der Waals surface area contributed by atoms with Crippen LogP contribution in [0.2, 0.25) is 0 Å². The summed E-state index contributed by atoms with van der Waals surface area (Å²) in [7, 11) is 1.62. The third-order valence-electron chi connectivity index (χ3n) is 5.51. The van der Waals surface area contributed by atoms with E-state index in [4.69, 9.17) is 9.26 Å². The molecular weight excluding hydrogens is 430 g/mol. The molecule has 0 radical (unpaired) electrons. The molecule has 0 atom stereocenters. The predicted molar refractivity (Wildman–Crippen MR) is 128 cm³/mol. The molecule has 0 aliphatic rings. The van der Waals surface area contributed by atoms with Gasteiger partial charge in [-0.2, -0.15) is 10.1 Å². The van der Waals surface area contributed by atoms with Gasteiger partial charge in [0.25, 0.3) is 5.89 Å². The largest absolute Gasteiger partial charge is 0.497 e. The van der Waals surface area contributed by atoms with Crippen LogP contribution >= 0.6 is 0 Å². The number of aromatic nitrogens is 4. The summed E-state index contributed by atoms with van der Waals surface area (Å²) in [4.78, 5) is 17.2. The standard InChI is InChI=1S/C26H23N5O3/c1-17-10-12-19(13-11-17)25-28-26(34-30-25)24-21-8-3-4-9-22(21)31(29-24)16-23(32)27-15-18-6-5-7-20(14-18)33-2/h3-14H,15-16H2,1-2H3,(H,27,32). The van der Waals surface area contributed by atoms with Crippen molar-refractivity contribution in [2.24, 2.45) is 0 Å². The summed E-state index contributed by atoms with van der Waals surface area (Å²) in [6.45, 7) is 2.48. The Kier molecular flexibility index (Phi) is 5.78. The fourth-order valence-electron chi connectivity index (χ4n) is 3.72. The van der Waals surface area contributed by atoms with Gasteiger partial charge in [0, 0.05) is 17.5 Å². The third-order valence-corrected chi connectivity index (χ3v) is 5.51. The molecule has 8 heteroatoms. The number of methoxy groups -OCH3 is 1. The lowest BCUT2D eigenvalue weighted by Gasteiger charge is -2.07. The van der Waals surface area contributed by atoms with Crippen molar-refractivity contribution in [1.82, 2.24) is 25.2 Å². The molecule has 8 nitrogen and oxygen atoms in total. The highest BCUT2D eigenvalue weighted by Gasteiger charge is 2.19. The molecule has 0 spiro atoms. The number of nitrogens with zero attached hydrogens (tertiary/aromatic N) is 4. The molecule has 0 fully saturated rings. The molecule has 5 aromatic rings. The van der Waals surface area contributed by atoms with Crippen LogP contribution < -0.4 is 10.1 Å². The van der Waals surface area contributed by atoms with Crippen molar-refractivity contribution in [1.29, 1.82) is 0 Å². The number of nitrogens with one attached hydrogen (secondary N) is 1. The van der Waals surface area contributed by atoms with Gasteiger partial charge in [0.05, 0.1) is 12.6 Å². The van der Waals surface area contributed by atoms with E-state index in [2.05, 4.69) is 20.6 Å². The molecule has 5 rings (SSSR count). The van der Waals surface area contributed by atoms with E-state index in [1.165, 1.54) is 0 Å². The van der Waals surface area contributed by atoms with Crippen LogP contribution in [-0.2, 0) is 17.9 Å². The molecule has 0 aliphatic heterocycles. The maximum absolute atomic E-state index is 12.7. The van der Waals surface area contributed by atoms with Crippen molar-refractivity contribution in [3.05, 3.63) is 83.9 Å². The molecule has 34 heavy (non-hydrogen) atoms. The second-order valence-electron chi connectivity index (χ2n) is 7.94. The second kappa shape index (κ2) is 9.19. The van der Waals surface area contributed by atoms with Crippen LogP contribution in [0, 0.1) is 6.92 Å². The number of amides is 1. The summed E-state index contributed by atoms with van der Waals surface area (Å²) in [6, 6.07) is 23.2. The molecule has 0 saturated heterocycles. The predicted octanol–water partition coefficient (Wildman–Crippen LogP) is 4.39. The summed E-state index contributed by atoms with van der Waals surface area (Å²) in [5.41, 5.74) is 4.32. The number of rotatable bonds is 7. The van der Waals surface area contributed by atoms with Crippen LogP contribution in [0.1, 0.15) is 11.1 Å². The van der Waals surface area contributed by atoms with Gasteiger partial charge < -0.3 is 14.6 Å². The number of carbonyl (C=O) groups excluding carboxylic acids is 1. The number of carbonyl (C=O) groups is 1. The van der Waals surface area contributed by atoms with Crippen molar-refractivity contribution >= 4 is 16.8 Å². The highest BCUT2D eigenvalue weighted by atomic mass is 16.5. The SMILES string of the molecule is COc1cccc(CNC(=O)Cn2nc(-c3nc(-c4ccc(C)cc4)no3)c3ccccc32)c1. The van der Waals surface area contributed by atoms with Gasteiger partial charge in [0.15, 0.2) is 5.69 Å². The van der Waals surface area contributed by atoms with Crippen molar-refractivity contribution in [2.45, 2.75) is 20.0 Å². The van der Waals surface area contributed by atoms with Crippen LogP contribution in [0.25, 0.3) is 33.9 Å². The molecule has 0 saturated carbocycles. The molecule has 3 aromatic carbocycles. The van der Waals surface area contributed by atoms with E-state index in [0.29, 0.717) is 24.0 Å². The first-order valence-corrected chi connectivity index (χ1v) is 10.9. The second-order valence-corrected chi connectivity index (χ2v) is 7.94. The van der Waals surface area contributed by atoms with Crippen LogP contribution in [-0.4, -0.2) is 32.9 Å². The maximum atomic E-state index is 12.7. The molecule has 0 aliphatic carbocycles. The van der Waals surface area contributed by atoms with E-state index in [1.807, 2.05) is 79.7 Å². The third kappa shape index (κ3) is 4.38. The Hall–Kier alpha value is -4.46. The lowest BCUT2D eigenvalue weighted by Crippen LogP contribution is -2.27. The number of aryl methyl sites for hydroxylation is 1. The first-order chi connectivity index (χ1) is 16.6. The van der Waals surface area contributed by atoms with Gasteiger partial charge in [-0.25, -0.2) is 0 Å². The fourth-order valence-corrected chi connectivity index (χ4v) is 3.72. The lowest BCUT2D eigenvalue weighted by molar-refractivity contribution is -0.121. The number of para-hydroxylation sites is 1. The zero-order valence-electron chi connectivity index (χ0n) is 18.9. The van der Waals surface area contributed by atoms with Crippen molar-refractivity contribution < 1.29 is 14.1 Å². The molecule has 1 N–H and O–H groups in total. The van der Waals surface area contributed by atoms with Crippen LogP contribution in [0.4, 0.5) is 0 Å². The van der Waals surface area contributed by atoms with Gasteiger partial charge in [-0.05, 0) is 30.7 Å². The molecular formula is C26H23N5O3. The molecule has 0 bridgehead atoms. The Morgan fingerprint density at radius 1 is 1.06 bits per heavy atom. The average molecular weight is 454 g/mol. The first kappa shape index (κ1) is 21.4. The zero-order chi connectivity index (χ0) is 23.5. The maximum Gasteiger partial charge on any atom is 0.279 e. The average Bonchev–Trinajstić information content (AvgIpc) is 3.49. The number of hydrogen-bond acceptors (Lipinski definition) is 6. The van der Waals surface area contributed by atoms with Crippen molar-refractivity contribution in [3.63, 3.8) is 0 Å². The normalized spacial score (nSPS) is 11.0. The van der Waals surface area contributed by atoms with Crippen LogP contribution in [0.15, 0.2) is 77.3 Å². The first-order valence-electron chi connectivity index (χ1n) is 10.9. The van der Waals surface area contributed by atoms with Crippen LogP contribution in [0.3, 0.4) is 0 Å². The minimum absolute atomic E-state index is 0.0590. The Labute approximate surface area is 196 Å². The minimum atomic E-state index is -0.159. The van der Waals surface area contributed by atoms with E-state index in [0.717, 1.165) is 33.3 Å². The summed E-state index contributed by atoms with van der Waals surface area (Å²) in [6.07, 6.45) is 0. The van der Waals surface area contributed by atoms with Gasteiger partial charge in [-0.3, -0.25) is 9.48 Å². The topological polar surface area (TPSA) is 95.1 Å². The Bertz CT molecular complexity index is 1450. The van der Waals surface area contributed by atoms with E-state index in [-0.39, 0.29) is 12.5 Å². The highest BCUT2D eigenvalue weighted by molar-refractivity contribution is 5.92. The summed E-state index contributed by atoms with van der Waals surface area (Å²) < 4.78 is 12.4. The monoisotopic (exact) mass is 453 g/mol. The fraction of sp³-hybridized carbons (Fsp3) is 0.154. The summed E-state index contributed by atoms with van der Waals surface area (Å²) >= 11 is 0. The lowest BCUT2D eigenvalue weighted by atomic mass is 10.1. The molecule has 0 unspecified atom stereocenters. The molecule has 2 aromatic heterocycles. The van der Waals surface area contributed by atoms with Crippen LogP contribution in [0.5, 0.6) is 5.75 Å². The van der Waals surface area contributed by atoms with E-state index < -0.39 is 0 Å². The molecule has 170 valence electrons. The number of ether oxygens (including phenoxy) is 1. The molecule has 2 heterocycles. The Morgan fingerprint density at radius 3 is 2.71 bits per heavy atom. The van der Waals surface area contributed by atoms with Gasteiger partial charge in [-0.1, -0.05) is 65.3 Å². The number of fused-ring (bicyclic) bond motifs is 1. The quantitative estimate of drug-likeness (QED) is 0.393. The zero-order valence-corrected chi connectivity index (χ0v) is 18.9.